The highest BCUT2D eigenvalue weighted by Gasteiger charge is 2.23. The van der Waals surface area contributed by atoms with Crippen LogP contribution in [-0.2, 0) is 16.4 Å². The van der Waals surface area contributed by atoms with Gasteiger partial charge in [0.25, 0.3) is 0 Å². The average Bonchev–Trinajstić information content (AvgIpc) is 2.97. The lowest BCUT2D eigenvalue weighted by atomic mass is 10.1. The number of nitrogen functional groups attached to an aromatic ring is 1. The third-order valence-corrected chi connectivity index (χ3v) is 5.43. The van der Waals surface area contributed by atoms with Crippen molar-refractivity contribution in [1.82, 2.24) is 19.7 Å². The lowest BCUT2D eigenvalue weighted by Gasteiger charge is -2.07. The minimum absolute atomic E-state index is 0.207. The standard InChI is InChI=1S/C19H16ClN5O2S/c1-28(26,27)19-22-16(13-9-5-6-10-14(13)20)15-17(21)25(24-18(15)23-19)11-12-7-3-2-4-8-12/h2-10H,11,21H2,1H3. The van der Waals surface area contributed by atoms with Crippen molar-refractivity contribution in [2.24, 2.45) is 0 Å². The van der Waals surface area contributed by atoms with E-state index in [-0.39, 0.29) is 10.8 Å². The van der Waals surface area contributed by atoms with Crippen molar-refractivity contribution in [1.29, 1.82) is 0 Å². The predicted octanol–water partition coefficient (Wildman–Crippen LogP) is 3.18. The third-order valence-electron chi connectivity index (χ3n) is 4.25. The third kappa shape index (κ3) is 3.32. The fourth-order valence-electron chi connectivity index (χ4n) is 2.93. The van der Waals surface area contributed by atoms with E-state index in [2.05, 4.69) is 15.1 Å². The first-order valence-corrected chi connectivity index (χ1v) is 10.6. The van der Waals surface area contributed by atoms with E-state index in [4.69, 9.17) is 17.3 Å². The summed E-state index contributed by atoms with van der Waals surface area (Å²) in [7, 11) is -3.66. The smallest absolute Gasteiger partial charge is 0.249 e. The molecule has 2 aromatic heterocycles. The molecular formula is C19H16ClN5O2S. The van der Waals surface area contributed by atoms with Crippen molar-refractivity contribution >= 4 is 38.3 Å². The lowest BCUT2D eigenvalue weighted by molar-refractivity contribution is 0.593. The summed E-state index contributed by atoms with van der Waals surface area (Å²) >= 11 is 6.34. The minimum atomic E-state index is -3.66. The van der Waals surface area contributed by atoms with Crippen molar-refractivity contribution in [3.63, 3.8) is 0 Å². The molecular weight excluding hydrogens is 398 g/mol. The maximum absolute atomic E-state index is 12.1. The number of nitrogens with zero attached hydrogens (tertiary/aromatic N) is 4. The van der Waals surface area contributed by atoms with Gasteiger partial charge >= 0.3 is 0 Å². The van der Waals surface area contributed by atoms with Crippen molar-refractivity contribution in [2.45, 2.75) is 11.7 Å². The maximum atomic E-state index is 12.1. The minimum Gasteiger partial charge on any atom is -0.383 e. The van der Waals surface area contributed by atoms with E-state index in [9.17, 15) is 8.42 Å². The zero-order chi connectivity index (χ0) is 19.9. The summed E-state index contributed by atoms with van der Waals surface area (Å²) < 4.78 is 25.8. The Balaban J connectivity index is 2.00. The van der Waals surface area contributed by atoms with Crippen LogP contribution < -0.4 is 5.73 Å². The largest absolute Gasteiger partial charge is 0.383 e. The van der Waals surface area contributed by atoms with Gasteiger partial charge in [-0.3, -0.25) is 0 Å². The highest BCUT2D eigenvalue weighted by molar-refractivity contribution is 7.90. The quantitative estimate of drug-likeness (QED) is 0.515. The highest BCUT2D eigenvalue weighted by atomic mass is 35.5. The molecule has 0 unspecified atom stereocenters. The van der Waals surface area contributed by atoms with E-state index in [1.807, 2.05) is 30.3 Å². The Labute approximate surface area is 166 Å². The van der Waals surface area contributed by atoms with Gasteiger partial charge in [0.05, 0.1) is 17.6 Å². The predicted molar refractivity (Wildman–Crippen MR) is 109 cm³/mol. The van der Waals surface area contributed by atoms with E-state index in [0.29, 0.717) is 34.0 Å². The summed E-state index contributed by atoms with van der Waals surface area (Å²) in [6.07, 6.45) is 1.05. The van der Waals surface area contributed by atoms with Crippen molar-refractivity contribution in [2.75, 3.05) is 12.0 Å². The molecule has 9 heteroatoms. The maximum Gasteiger partial charge on any atom is 0.249 e. The summed E-state index contributed by atoms with van der Waals surface area (Å²) in [4.78, 5) is 8.40. The van der Waals surface area contributed by atoms with Crippen LogP contribution in [0.3, 0.4) is 0 Å². The zero-order valence-electron chi connectivity index (χ0n) is 14.9. The van der Waals surface area contributed by atoms with E-state index >= 15 is 0 Å². The number of rotatable bonds is 4. The summed E-state index contributed by atoms with van der Waals surface area (Å²) in [6.45, 7) is 0.416. The average molecular weight is 414 g/mol. The first-order valence-electron chi connectivity index (χ1n) is 8.37. The van der Waals surface area contributed by atoms with Gasteiger partial charge in [-0.25, -0.2) is 18.1 Å². The SMILES string of the molecule is CS(=O)(=O)c1nc(-c2ccccc2Cl)c2c(N)n(Cc3ccccc3)nc2n1. The van der Waals surface area contributed by atoms with Crippen LogP contribution in [0.5, 0.6) is 0 Å². The fraction of sp³-hybridized carbons (Fsp3) is 0.105. The van der Waals surface area contributed by atoms with Crippen LogP contribution in [0.4, 0.5) is 5.82 Å². The van der Waals surface area contributed by atoms with Gasteiger partial charge in [-0.05, 0) is 11.6 Å². The van der Waals surface area contributed by atoms with Gasteiger partial charge in [0.15, 0.2) is 5.65 Å². The van der Waals surface area contributed by atoms with E-state index in [0.717, 1.165) is 11.8 Å². The summed E-state index contributed by atoms with van der Waals surface area (Å²) in [6, 6.07) is 16.7. The van der Waals surface area contributed by atoms with Gasteiger partial charge in [0.2, 0.25) is 15.0 Å². The molecule has 0 spiro atoms. The van der Waals surface area contributed by atoms with Crippen LogP contribution in [0.2, 0.25) is 5.02 Å². The van der Waals surface area contributed by atoms with Gasteiger partial charge < -0.3 is 5.73 Å². The van der Waals surface area contributed by atoms with E-state index in [1.165, 1.54) is 0 Å². The number of aromatic nitrogens is 4. The Bertz CT molecular complexity index is 1290. The molecule has 0 atom stereocenters. The number of sulfone groups is 1. The lowest BCUT2D eigenvalue weighted by Crippen LogP contribution is -2.06. The van der Waals surface area contributed by atoms with Gasteiger partial charge in [0.1, 0.15) is 5.82 Å². The summed E-state index contributed by atoms with van der Waals surface area (Å²) in [5, 5.41) is 5.01. The van der Waals surface area contributed by atoms with E-state index in [1.54, 1.807) is 28.9 Å². The first kappa shape index (κ1) is 18.4. The van der Waals surface area contributed by atoms with Crippen LogP contribution in [0.1, 0.15) is 5.56 Å². The Hall–Kier alpha value is -2.97. The molecule has 4 aromatic rings. The van der Waals surface area contributed by atoms with Gasteiger partial charge in [-0.1, -0.05) is 60.1 Å². The highest BCUT2D eigenvalue weighted by Crippen LogP contribution is 2.35. The number of fused-ring (bicyclic) bond motifs is 1. The zero-order valence-corrected chi connectivity index (χ0v) is 16.4. The molecule has 0 saturated heterocycles. The van der Waals surface area contributed by atoms with E-state index < -0.39 is 9.84 Å². The topological polar surface area (TPSA) is 104 Å². The number of benzene rings is 2. The Morgan fingerprint density at radius 2 is 1.71 bits per heavy atom. The molecule has 0 fully saturated rings. The summed E-state index contributed by atoms with van der Waals surface area (Å²) in [5.74, 6) is 0.342. The molecule has 4 rings (SSSR count). The molecule has 0 bridgehead atoms. The van der Waals surface area contributed by atoms with Gasteiger partial charge in [-0.15, -0.1) is 5.10 Å². The molecule has 28 heavy (non-hydrogen) atoms. The van der Waals surface area contributed by atoms with Gasteiger partial charge in [0, 0.05) is 16.8 Å². The second-order valence-electron chi connectivity index (χ2n) is 6.33. The molecule has 0 saturated carbocycles. The number of hydrogen-bond donors (Lipinski definition) is 1. The normalized spacial score (nSPS) is 11.8. The molecule has 0 aliphatic heterocycles. The molecule has 0 aliphatic carbocycles. The van der Waals surface area contributed by atoms with Crippen molar-refractivity contribution < 1.29 is 8.42 Å². The second-order valence-corrected chi connectivity index (χ2v) is 8.65. The number of hydrogen-bond acceptors (Lipinski definition) is 6. The first-order chi connectivity index (χ1) is 13.3. The summed E-state index contributed by atoms with van der Waals surface area (Å²) in [5.41, 5.74) is 8.47. The molecule has 0 amide bonds. The molecule has 2 N–H and O–H groups in total. The van der Waals surface area contributed by atoms with Crippen molar-refractivity contribution in [3.8, 4) is 11.3 Å². The molecule has 2 aromatic carbocycles. The van der Waals surface area contributed by atoms with Gasteiger partial charge in [-0.2, -0.15) is 4.98 Å². The van der Waals surface area contributed by atoms with Crippen LogP contribution in [-0.4, -0.2) is 34.4 Å². The second kappa shape index (κ2) is 6.88. The molecule has 0 aliphatic rings. The number of nitrogens with two attached hydrogens (primary N) is 1. The van der Waals surface area contributed by atoms with Crippen LogP contribution >= 0.6 is 11.6 Å². The molecule has 142 valence electrons. The molecule has 7 nitrogen and oxygen atoms in total. The Morgan fingerprint density at radius 3 is 2.39 bits per heavy atom. The van der Waals surface area contributed by atoms with Crippen LogP contribution in [0, 0.1) is 0 Å². The molecule has 2 heterocycles. The fourth-order valence-corrected chi connectivity index (χ4v) is 3.66. The Kier molecular flexibility index (Phi) is 4.52. The monoisotopic (exact) mass is 413 g/mol. The number of anilines is 1. The van der Waals surface area contributed by atoms with Crippen LogP contribution in [0.25, 0.3) is 22.3 Å². The Morgan fingerprint density at radius 1 is 1.04 bits per heavy atom. The van der Waals surface area contributed by atoms with Crippen LogP contribution in [0.15, 0.2) is 59.8 Å². The molecule has 0 radical (unpaired) electrons. The van der Waals surface area contributed by atoms with Crippen molar-refractivity contribution in [3.05, 3.63) is 65.2 Å². The number of halogens is 1.